The molecule has 0 spiro atoms. The highest BCUT2D eigenvalue weighted by Crippen LogP contribution is 2.46. The van der Waals surface area contributed by atoms with Crippen molar-refractivity contribution >= 4 is 35.7 Å². The van der Waals surface area contributed by atoms with Gasteiger partial charge in [0.15, 0.2) is 0 Å². The highest BCUT2D eigenvalue weighted by Gasteiger charge is 2.43. The van der Waals surface area contributed by atoms with Crippen LogP contribution in [0.3, 0.4) is 0 Å². The van der Waals surface area contributed by atoms with E-state index in [1.807, 2.05) is 30.3 Å². The van der Waals surface area contributed by atoms with E-state index in [2.05, 4.69) is 18.3 Å². The lowest BCUT2D eigenvalue weighted by Crippen LogP contribution is -2.48. The van der Waals surface area contributed by atoms with Gasteiger partial charge in [0.25, 0.3) is 5.91 Å². The fourth-order valence-electron chi connectivity index (χ4n) is 6.86. The molecule has 2 atom stereocenters. The number of methoxy groups -OCH3 is 2. The zero-order chi connectivity index (χ0) is 38.9. The van der Waals surface area contributed by atoms with Crippen LogP contribution in [0, 0.1) is 5.92 Å². The van der Waals surface area contributed by atoms with E-state index >= 15 is 0 Å². The largest absolute Gasteiger partial charge is 0.465 e. The molecule has 1 fully saturated rings. The number of carbonyl (C=O) groups excluding carboxylic acids is 4. The number of piperidine rings is 1. The molecule has 1 saturated heterocycles. The van der Waals surface area contributed by atoms with Gasteiger partial charge in [0, 0.05) is 49.7 Å². The molecule has 3 amide bonds. The minimum Gasteiger partial charge on any atom is -0.465 e. The Kier molecular flexibility index (Phi) is 13.9. The van der Waals surface area contributed by atoms with Crippen molar-refractivity contribution in [3.05, 3.63) is 93.5 Å². The molecule has 2 N–H and O–H groups in total. The van der Waals surface area contributed by atoms with Crippen LogP contribution in [0.15, 0.2) is 60.7 Å². The predicted molar refractivity (Wildman–Crippen MR) is 204 cm³/mol. The van der Waals surface area contributed by atoms with E-state index in [1.165, 1.54) is 19.1 Å². The summed E-state index contributed by atoms with van der Waals surface area (Å²) in [6.45, 7) is 8.44. The fraction of sp³-hybridized carbons (Fsp3) is 0.463. The van der Waals surface area contributed by atoms with Gasteiger partial charge in [0.2, 0.25) is 0 Å². The zero-order valence-electron chi connectivity index (χ0n) is 31.8. The van der Waals surface area contributed by atoms with Crippen LogP contribution < -0.4 is 5.32 Å². The minimum atomic E-state index is -1.46. The van der Waals surface area contributed by atoms with Crippen LogP contribution in [0.4, 0.5) is 9.59 Å². The molecule has 0 saturated carbocycles. The van der Waals surface area contributed by atoms with Gasteiger partial charge in [0.1, 0.15) is 5.60 Å². The molecule has 286 valence electrons. The number of nitrogens with zero attached hydrogens (tertiary/aromatic N) is 2. The number of nitrogens with one attached hydrogen (secondary N) is 1. The topological polar surface area (TPSA) is 135 Å². The molecule has 12 heteroatoms. The summed E-state index contributed by atoms with van der Waals surface area (Å²) in [6.07, 6.45) is 1.64. The molecular weight excluding hydrogens is 698 g/mol. The van der Waals surface area contributed by atoms with Crippen LogP contribution in [-0.4, -0.2) is 85.5 Å². The molecule has 1 unspecified atom stereocenters. The predicted octanol–water partition coefficient (Wildman–Crippen LogP) is 7.60. The molecule has 0 aliphatic carbocycles. The number of halogens is 1. The maximum absolute atomic E-state index is 14.3. The first-order chi connectivity index (χ1) is 25.1. The number of aryl methyl sites for hydroxylation is 1. The Hall–Kier alpha value is -4.61. The normalized spacial score (nSPS) is 15.6. The number of carbonyl (C=O) groups is 4. The van der Waals surface area contributed by atoms with Crippen molar-refractivity contribution in [2.45, 2.75) is 77.5 Å². The molecule has 4 rings (SSSR count). The number of amides is 3. The summed E-state index contributed by atoms with van der Waals surface area (Å²) in [4.78, 5) is 54.9. The SMILES string of the molecule is CCc1cccc(-c2c(Cl)cccc2C(O)(CCCNC(=O)OC)[C@@H]2CCCN(C(=O)c3ccc(CN(C)C(=O)OC(C)(C)C)cc3C(=O)OC)C2)c1. The number of hydrogen-bond donors (Lipinski definition) is 2. The number of hydrogen-bond acceptors (Lipinski definition) is 8. The highest BCUT2D eigenvalue weighted by molar-refractivity contribution is 6.33. The van der Waals surface area contributed by atoms with E-state index in [1.54, 1.807) is 57.0 Å². The number of ether oxygens (including phenoxy) is 3. The van der Waals surface area contributed by atoms with Crippen LogP contribution in [-0.2, 0) is 32.8 Å². The number of esters is 1. The second kappa shape index (κ2) is 17.9. The molecule has 0 radical (unpaired) electrons. The summed E-state index contributed by atoms with van der Waals surface area (Å²) in [5, 5.41) is 16.1. The molecule has 11 nitrogen and oxygen atoms in total. The van der Waals surface area contributed by atoms with Crippen LogP contribution in [0.1, 0.15) is 90.8 Å². The lowest BCUT2D eigenvalue weighted by atomic mass is 9.72. The molecule has 1 heterocycles. The molecule has 0 bridgehead atoms. The number of aliphatic hydroxyl groups is 1. The van der Waals surface area contributed by atoms with Crippen molar-refractivity contribution in [3.63, 3.8) is 0 Å². The third kappa shape index (κ3) is 10.3. The van der Waals surface area contributed by atoms with Crippen LogP contribution in [0.25, 0.3) is 11.1 Å². The quantitative estimate of drug-likeness (QED) is 0.110. The summed E-state index contributed by atoms with van der Waals surface area (Å²) in [5.41, 5.74) is 2.07. The summed E-state index contributed by atoms with van der Waals surface area (Å²) in [6, 6.07) is 18.4. The van der Waals surface area contributed by atoms with Gasteiger partial charge in [0.05, 0.1) is 30.9 Å². The van der Waals surface area contributed by atoms with Gasteiger partial charge in [-0.15, -0.1) is 0 Å². The van der Waals surface area contributed by atoms with E-state index in [0.29, 0.717) is 42.0 Å². The lowest BCUT2D eigenvalue weighted by Gasteiger charge is -2.44. The van der Waals surface area contributed by atoms with Crippen molar-refractivity contribution in [1.82, 2.24) is 15.1 Å². The van der Waals surface area contributed by atoms with Gasteiger partial charge >= 0.3 is 18.2 Å². The molecule has 3 aromatic carbocycles. The number of rotatable bonds is 12. The highest BCUT2D eigenvalue weighted by atomic mass is 35.5. The second-order valence-electron chi connectivity index (χ2n) is 14.5. The first-order valence-electron chi connectivity index (χ1n) is 18.0. The van der Waals surface area contributed by atoms with E-state index in [-0.39, 0.29) is 43.1 Å². The molecular formula is C41H52ClN3O8. The number of alkyl carbamates (subject to hydrolysis) is 1. The monoisotopic (exact) mass is 749 g/mol. The Morgan fingerprint density at radius 1 is 0.981 bits per heavy atom. The van der Waals surface area contributed by atoms with E-state index < -0.39 is 35.3 Å². The average Bonchev–Trinajstić information content (AvgIpc) is 3.14. The van der Waals surface area contributed by atoms with Gasteiger partial charge < -0.3 is 34.4 Å². The Morgan fingerprint density at radius 3 is 2.40 bits per heavy atom. The van der Waals surface area contributed by atoms with Crippen LogP contribution >= 0.6 is 11.6 Å². The average molecular weight is 750 g/mol. The minimum absolute atomic E-state index is 0.0757. The zero-order valence-corrected chi connectivity index (χ0v) is 32.5. The third-order valence-corrected chi connectivity index (χ3v) is 9.84. The first kappa shape index (κ1) is 41.2. The van der Waals surface area contributed by atoms with Crippen molar-refractivity contribution < 1.29 is 38.5 Å². The second-order valence-corrected chi connectivity index (χ2v) is 14.9. The van der Waals surface area contributed by atoms with Gasteiger partial charge in [-0.05, 0) is 93.3 Å². The molecule has 1 aliphatic heterocycles. The summed E-state index contributed by atoms with van der Waals surface area (Å²) < 4.78 is 15.3. The van der Waals surface area contributed by atoms with Crippen molar-refractivity contribution in [2.75, 3.05) is 40.9 Å². The van der Waals surface area contributed by atoms with Gasteiger partial charge in [-0.25, -0.2) is 14.4 Å². The Bertz CT molecular complexity index is 1790. The Labute approximate surface area is 317 Å². The van der Waals surface area contributed by atoms with Gasteiger partial charge in [-0.2, -0.15) is 0 Å². The van der Waals surface area contributed by atoms with Crippen LogP contribution in [0.2, 0.25) is 5.02 Å². The van der Waals surface area contributed by atoms with Crippen molar-refractivity contribution in [3.8, 4) is 11.1 Å². The van der Waals surface area contributed by atoms with Crippen molar-refractivity contribution in [1.29, 1.82) is 0 Å². The Balaban J connectivity index is 1.69. The van der Waals surface area contributed by atoms with E-state index in [0.717, 1.165) is 23.1 Å². The number of likely N-dealkylation sites (tertiary alicyclic amines) is 1. The molecule has 1 aliphatic rings. The first-order valence-corrected chi connectivity index (χ1v) is 18.4. The number of benzene rings is 3. The Morgan fingerprint density at radius 2 is 1.72 bits per heavy atom. The fourth-order valence-corrected chi connectivity index (χ4v) is 7.14. The standard InChI is InChI=1S/C41H52ClN3O8/c1-8-27-13-9-14-29(23-27)35-33(16-10-17-34(35)42)41(50,20-12-21-43-38(48)52-7)30-15-11-22-45(26-30)36(46)31-19-18-28(24-32(31)37(47)51-6)25-44(5)39(49)53-40(2,3)4/h9-10,13-14,16-19,23-24,30,50H,8,11-12,15,20-22,25-26H2,1-7H3,(H,43,48)/t30-,41?/m1/s1. The van der Waals surface area contributed by atoms with E-state index in [9.17, 15) is 24.3 Å². The summed E-state index contributed by atoms with van der Waals surface area (Å²) >= 11 is 6.91. The summed E-state index contributed by atoms with van der Waals surface area (Å²) in [7, 11) is 4.14. The summed E-state index contributed by atoms with van der Waals surface area (Å²) in [5.74, 6) is -1.48. The molecule has 0 aromatic heterocycles. The van der Waals surface area contributed by atoms with Crippen molar-refractivity contribution in [2.24, 2.45) is 5.92 Å². The van der Waals surface area contributed by atoms with E-state index in [4.69, 9.17) is 25.8 Å². The van der Waals surface area contributed by atoms with Crippen LogP contribution in [0.5, 0.6) is 0 Å². The maximum atomic E-state index is 14.3. The van der Waals surface area contributed by atoms with Gasteiger partial charge in [-0.1, -0.05) is 61.0 Å². The van der Waals surface area contributed by atoms with Gasteiger partial charge in [-0.3, -0.25) is 4.79 Å². The lowest BCUT2D eigenvalue weighted by molar-refractivity contribution is -0.0563. The maximum Gasteiger partial charge on any atom is 0.410 e. The third-order valence-electron chi connectivity index (χ3n) is 9.52. The smallest absolute Gasteiger partial charge is 0.410 e. The molecule has 3 aromatic rings. The molecule has 53 heavy (non-hydrogen) atoms.